The molecule has 0 saturated carbocycles. The lowest BCUT2D eigenvalue weighted by Gasteiger charge is -2.39. The zero-order chi connectivity index (χ0) is 19.1. The average Bonchev–Trinajstić information content (AvgIpc) is 2.93. The largest absolute Gasteiger partial charge is 0.334 e. The molecule has 0 radical (unpaired) electrons. The number of nitrogens with zero attached hydrogens (tertiary/aromatic N) is 4. The highest BCUT2D eigenvalue weighted by Gasteiger charge is 2.35. The zero-order valence-electron chi connectivity index (χ0n) is 14.9. The second kappa shape index (κ2) is 6.46. The van der Waals surface area contributed by atoms with Gasteiger partial charge >= 0.3 is 0 Å². The van der Waals surface area contributed by atoms with Crippen LogP contribution in [-0.2, 0) is 0 Å². The van der Waals surface area contributed by atoms with Gasteiger partial charge in [-0.05, 0) is 32.0 Å². The van der Waals surface area contributed by atoms with Gasteiger partial charge in [-0.25, -0.2) is 9.07 Å². The molecule has 3 heterocycles. The van der Waals surface area contributed by atoms with E-state index in [1.165, 1.54) is 22.9 Å². The van der Waals surface area contributed by atoms with E-state index in [-0.39, 0.29) is 23.3 Å². The normalized spacial score (nSPS) is 14.3. The molecule has 7 nitrogen and oxygen atoms in total. The molecule has 1 fully saturated rings. The number of benzene rings is 1. The van der Waals surface area contributed by atoms with Crippen LogP contribution in [0.3, 0.4) is 0 Å². The van der Waals surface area contributed by atoms with Gasteiger partial charge in [-0.15, -0.1) is 0 Å². The highest BCUT2D eigenvalue weighted by molar-refractivity contribution is 5.96. The smallest absolute Gasteiger partial charge is 0.267 e. The number of rotatable bonds is 3. The van der Waals surface area contributed by atoms with Crippen LogP contribution in [-0.4, -0.2) is 43.9 Å². The maximum Gasteiger partial charge on any atom is 0.267 e. The van der Waals surface area contributed by atoms with E-state index in [4.69, 9.17) is 0 Å². The Bertz CT molecular complexity index is 1060. The maximum absolute atomic E-state index is 13.5. The third-order valence-corrected chi connectivity index (χ3v) is 4.78. The van der Waals surface area contributed by atoms with Gasteiger partial charge in [-0.1, -0.05) is 12.1 Å². The molecule has 4 rings (SSSR count). The van der Waals surface area contributed by atoms with Crippen molar-refractivity contribution < 1.29 is 9.18 Å². The number of carbonyl (C=O) groups is 1. The molecule has 1 N–H and O–H groups in total. The Kier molecular flexibility index (Phi) is 4.10. The Balaban J connectivity index is 1.55. The molecule has 0 bridgehead atoms. The van der Waals surface area contributed by atoms with Crippen LogP contribution in [0.15, 0.2) is 41.2 Å². The molecule has 8 heteroatoms. The van der Waals surface area contributed by atoms with Gasteiger partial charge in [0.2, 0.25) is 0 Å². The van der Waals surface area contributed by atoms with Gasteiger partial charge in [0, 0.05) is 30.4 Å². The lowest BCUT2D eigenvalue weighted by Crippen LogP contribution is -2.53. The standard InChI is InChI=1S/C19H18FN5O2/c1-11-18(12(2)22-21-11)19(27)24-9-15(10-24)25-17(26)7-6-16(23-25)13-4-3-5-14(20)8-13/h3-8,15H,9-10H2,1-2H3,(H,21,22). The lowest BCUT2D eigenvalue weighted by atomic mass is 10.1. The van der Waals surface area contributed by atoms with E-state index in [0.29, 0.717) is 35.6 Å². The third-order valence-electron chi connectivity index (χ3n) is 4.78. The second-order valence-electron chi connectivity index (χ2n) is 6.68. The number of aromatic nitrogens is 4. The van der Waals surface area contributed by atoms with Gasteiger partial charge < -0.3 is 4.90 Å². The Morgan fingerprint density at radius 1 is 1.22 bits per heavy atom. The summed E-state index contributed by atoms with van der Waals surface area (Å²) in [5, 5.41) is 11.2. The van der Waals surface area contributed by atoms with Crippen molar-refractivity contribution in [2.24, 2.45) is 0 Å². The lowest BCUT2D eigenvalue weighted by molar-refractivity contribution is 0.0492. The van der Waals surface area contributed by atoms with Crippen LogP contribution in [0.4, 0.5) is 4.39 Å². The minimum Gasteiger partial charge on any atom is -0.334 e. The summed E-state index contributed by atoms with van der Waals surface area (Å²) in [6.45, 7) is 4.37. The van der Waals surface area contributed by atoms with Gasteiger partial charge in [0.25, 0.3) is 11.5 Å². The first-order valence-corrected chi connectivity index (χ1v) is 8.60. The third kappa shape index (κ3) is 3.03. The fourth-order valence-electron chi connectivity index (χ4n) is 3.29. The van der Waals surface area contributed by atoms with Gasteiger partial charge in [0.15, 0.2) is 0 Å². The number of aromatic amines is 1. The summed E-state index contributed by atoms with van der Waals surface area (Å²) in [4.78, 5) is 26.5. The van der Waals surface area contributed by atoms with Crippen LogP contribution >= 0.6 is 0 Å². The highest BCUT2D eigenvalue weighted by atomic mass is 19.1. The summed E-state index contributed by atoms with van der Waals surface area (Å²) in [5.41, 5.74) is 2.82. The first-order chi connectivity index (χ1) is 12.9. The molecular formula is C19H18FN5O2. The van der Waals surface area contributed by atoms with Crippen molar-refractivity contribution in [2.75, 3.05) is 13.1 Å². The zero-order valence-corrected chi connectivity index (χ0v) is 14.9. The summed E-state index contributed by atoms with van der Waals surface area (Å²) in [7, 11) is 0. The molecule has 0 spiro atoms. The molecule has 138 valence electrons. The molecule has 1 saturated heterocycles. The number of aryl methyl sites for hydroxylation is 2. The maximum atomic E-state index is 13.5. The van der Waals surface area contributed by atoms with Gasteiger partial charge in [0.05, 0.1) is 23.0 Å². The van der Waals surface area contributed by atoms with Crippen molar-refractivity contribution in [3.05, 3.63) is 69.5 Å². The number of hydrogen-bond donors (Lipinski definition) is 1. The summed E-state index contributed by atoms with van der Waals surface area (Å²) >= 11 is 0. The van der Waals surface area contributed by atoms with Crippen LogP contribution < -0.4 is 5.56 Å². The number of H-pyrrole nitrogens is 1. The van der Waals surface area contributed by atoms with E-state index in [2.05, 4.69) is 15.3 Å². The van der Waals surface area contributed by atoms with E-state index < -0.39 is 0 Å². The molecular weight excluding hydrogens is 349 g/mol. The van der Waals surface area contributed by atoms with Crippen LogP contribution in [0.2, 0.25) is 0 Å². The van der Waals surface area contributed by atoms with Crippen molar-refractivity contribution in [1.29, 1.82) is 0 Å². The minimum absolute atomic E-state index is 0.107. The van der Waals surface area contributed by atoms with Gasteiger partial charge in [-0.2, -0.15) is 10.2 Å². The predicted octanol–water partition coefficient (Wildman–Crippen LogP) is 2.09. The summed E-state index contributed by atoms with van der Waals surface area (Å²) in [6.07, 6.45) is 0. The van der Waals surface area contributed by atoms with Crippen LogP contribution in [0.25, 0.3) is 11.3 Å². The molecule has 0 atom stereocenters. The molecule has 0 aliphatic carbocycles. The Labute approximate surface area is 154 Å². The van der Waals surface area contributed by atoms with Gasteiger partial charge in [0.1, 0.15) is 5.82 Å². The summed E-state index contributed by atoms with van der Waals surface area (Å²) < 4.78 is 14.8. The van der Waals surface area contributed by atoms with Crippen molar-refractivity contribution in [2.45, 2.75) is 19.9 Å². The molecule has 1 aliphatic heterocycles. The van der Waals surface area contributed by atoms with Crippen LogP contribution in [0.5, 0.6) is 0 Å². The number of likely N-dealkylation sites (tertiary alicyclic amines) is 1. The van der Waals surface area contributed by atoms with Crippen molar-refractivity contribution in [1.82, 2.24) is 24.9 Å². The van der Waals surface area contributed by atoms with E-state index in [0.717, 1.165) is 5.69 Å². The van der Waals surface area contributed by atoms with E-state index in [1.54, 1.807) is 36.9 Å². The topological polar surface area (TPSA) is 83.9 Å². The first kappa shape index (κ1) is 17.1. The number of carbonyl (C=O) groups excluding carboxylic acids is 1. The van der Waals surface area contributed by atoms with Crippen LogP contribution in [0, 0.1) is 19.7 Å². The number of amides is 1. The Morgan fingerprint density at radius 2 is 2.00 bits per heavy atom. The van der Waals surface area contributed by atoms with E-state index >= 15 is 0 Å². The summed E-state index contributed by atoms with van der Waals surface area (Å²) in [6, 6.07) is 8.85. The fraction of sp³-hybridized carbons (Fsp3) is 0.263. The minimum atomic E-state index is -0.363. The molecule has 1 aromatic carbocycles. The Hall–Kier alpha value is -3.29. The summed E-state index contributed by atoms with van der Waals surface area (Å²) in [5.74, 6) is -0.470. The van der Waals surface area contributed by atoms with E-state index in [9.17, 15) is 14.0 Å². The fourth-order valence-corrected chi connectivity index (χ4v) is 3.29. The quantitative estimate of drug-likeness (QED) is 0.768. The monoisotopic (exact) mass is 367 g/mol. The van der Waals surface area contributed by atoms with Crippen molar-refractivity contribution >= 4 is 5.91 Å². The van der Waals surface area contributed by atoms with E-state index in [1.807, 2.05) is 0 Å². The molecule has 1 aliphatic rings. The van der Waals surface area contributed by atoms with Crippen molar-refractivity contribution in [3.8, 4) is 11.3 Å². The molecule has 0 unspecified atom stereocenters. The molecule has 3 aromatic rings. The number of nitrogens with one attached hydrogen (secondary N) is 1. The first-order valence-electron chi connectivity index (χ1n) is 8.60. The van der Waals surface area contributed by atoms with Gasteiger partial charge in [-0.3, -0.25) is 14.7 Å². The predicted molar refractivity (Wildman–Crippen MR) is 96.9 cm³/mol. The number of hydrogen-bond acceptors (Lipinski definition) is 4. The molecule has 1 amide bonds. The Morgan fingerprint density at radius 3 is 2.67 bits per heavy atom. The second-order valence-corrected chi connectivity index (χ2v) is 6.68. The van der Waals surface area contributed by atoms with Crippen LogP contribution in [0.1, 0.15) is 27.8 Å². The number of halogens is 1. The molecule has 27 heavy (non-hydrogen) atoms. The SMILES string of the molecule is Cc1n[nH]c(C)c1C(=O)N1CC(n2nc(-c3cccc(F)c3)ccc2=O)C1. The average molecular weight is 367 g/mol. The van der Waals surface area contributed by atoms with Crippen molar-refractivity contribution in [3.63, 3.8) is 0 Å². The molecule has 2 aromatic heterocycles. The highest BCUT2D eigenvalue weighted by Crippen LogP contribution is 2.24.